The molecule has 106 valence electrons. The number of halogens is 1. The standard InChI is InChI=1S/C14H16ClN3O2/c1-3-4-11-6-10(7-13(15)17-11)14(19)16-8-12-5-9(2)18-20-12/h5-7H,3-4,8H2,1-2H3,(H,16,19). The van der Waals surface area contributed by atoms with Crippen molar-refractivity contribution in [2.24, 2.45) is 0 Å². The van der Waals surface area contributed by atoms with E-state index in [1.165, 1.54) is 0 Å². The van der Waals surface area contributed by atoms with Crippen LogP contribution in [0.1, 0.15) is 40.9 Å². The lowest BCUT2D eigenvalue weighted by Crippen LogP contribution is -2.22. The van der Waals surface area contributed by atoms with E-state index in [9.17, 15) is 4.79 Å². The first-order chi connectivity index (χ1) is 9.58. The minimum Gasteiger partial charge on any atom is -0.359 e. The molecule has 2 aromatic heterocycles. The van der Waals surface area contributed by atoms with Crippen LogP contribution in [0, 0.1) is 6.92 Å². The molecule has 2 heterocycles. The van der Waals surface area contributed by atoms with Crippen LogP contribution in [0.25, 0.3) is 0 Å². The highest BCUT2D eigenvalue weighted by atomic mass is 35.5. The summed E-state index contributed by atoms with van der Waals surface area (Å²) >= 11 is 5.93. The Hall–Kier alpha value is -1.88. The Bertz CT molecular complexity index is 610. The molecule has 0 aliphatic rings. The van der Waals surface area contributed by atoms with Crippen LogP contribution in [0.2, 0.25) is 5.15 Å². The van der Waals surface area contributed by atoms with Crippen LogP contribution in [0.4, 0.5) is 0 Å². The number of rotatable bonds is 5. The topological polar surface area (TPSA) is 68.0 Å². The van der Waals surface area contributed by atoms with Gasteiger partial charge in [0.2, 0.25) is 0 Å². The zero-order valence-corrected chi connectivity index (χ0v) is 12.2. The number of nitrogens with one attached hydrogen (secondary N) is 1. The van der Waals surface area contributed by atoms with Crippen LogP contribution in [0.15, 0.2) is 22.7 Å². The highest BCUT2D eigenvalue weighted by molar-refractivity contribution is 6.29. The van der Waals surface area contributed by atoms with Gasteiger partial charge < -0.3 is 9.84 Å². The molecule has 0 fully saturated rings. The molecule has 0 bridgehead atoms. The van der Waals surface area contributed by atoms with Crippen molar-refractivity contribution in [1.29, 1.82) is 0 Å². The number of carbonyl (C=O) groups is 1. The van der Waals surface area contributed by atoms with Crippen LogP contribution >= 0.6 is 11.6 Å². The molecule has 2 rings (SSSR count). The first-order valence-electron chi connectivity index (χ1n) is 6.45. The van der Waals surface area contributed by atoms with Gasteiger partial charge in [0.1, 0.15) is 5.15 Å². The molecule has 6 heteroatoms. The Labute approximate surface area is 122 Å². The van der Waals surface area contributed by atoms with Crippen LogP contribution in [0.5, 0.6) is 0 Å². The van der Waals surface area contributed by atoms with E-state index in [0.717, 1.165) is 24.2 Å². The van der Waals surface area contributed by atoms with Crippen molar-refractivity contribution in [3.05, 3.63) is 46.1 Å². The number of amides is 1. The molecule has 0 saturated heterocycles. The molecule has 0 atom stereocenters. The second-order valence-electron chi connectivity index (χ2n) is 4.54. The Kier molecular flexibility index (Phi) is 4.74. The molecule has 0 aliphatic heterocycles. The number of hydrogen-bond donors (Lipinski definition) is 1. The fourth-order valence-electron chi connectivity index (χ4n) is 1.84. The Morgan fingerprint density at radius 3 is 2.85 bits per heavy atom. The summed E-state index contributed by atoms with van der Waals surface area (Å²) in [6, 6.07) is 5.10. The fraction of sp³-hybridized carbons (Fsp3) is 0.357. The minimum atomic E-state index is -0.208. The predicted molar refractivity (Wildman–Crippen MR) is 75.7 cm³/mol. The number of hydrogen-bond acceptors (Lipinski definition) is 4. The summed E-state index contributed by atoms with van der Waals surface area (Å²) in [6.07, 6.45) is 1.74. The molecular formula is C14H16ClN3O2. The predicted octanol–water partition coefficient (Wildman–Crippen LogP) is 2.91. The number of nitrogens with zero attached hydrogens (tertiary/aromatic N) is 2. The molecule has 0 unspecified atom stereocenters. The smallest absolute Gasteiger partial charge is 0.251 e. The van der Waals surface area contributed by atoms with Gasteiger partial charge in [0.05, 0.1) is 12.2 Å². The van der Waals surface area contributed by atoms with Gasteiger partial charge in [0.15, 0.2) is 5.76 Å². The monoisotopic (exact) mass is 293 g/mol. The molecule has 0 spiro atoms. The summed E-state index contributed by atoms with van der Waals surface area (Å²) in [4.78, 5) is 16.3. The van der Waals surface area contributed by atoms with Gasteiger partial charge in [0.25, 0.3) is 5.91 Å². The van der Waals surface area contributed by atoms with E-state index in [1.807, 2.05) is 6.92 Å². The second kappa shape index (κ2) is 6.52. The van der Waals surface area contributed by atoms with Gasteiger partial charge in [-0.1, -0.05) is 30.1 Å². The molecule has 0 radical (unpaired) electrons. The molecule has 1 N–H and O–H groups in total. The van der Waals surface area contributed by atoms with Gasteiger partial charge in [-0.05, 0) is 25.5 Å². The Morgan fingerprint density at radius 2 is 2.20 bits per heavy atom. The molecule has 0 aliphatic carbocycles. The summed E-state index contributed by atoms with van der Waals surface area (Å²) in [6.45, 7) is 4.17. The number of aromatic nitrogens is 2. The third kappa shape index (κ3) is 3.81. The van der Waals surface area contributed by atoms with Crippen molar-refractivity contribution in [3.63, 3.8) is 0 Å². The van der Waals surface area contributed by atoms with E-state index in [0.29, 0.717) is 23.0 Å². The van der Waals surface area contributed by atoms with Gasteiger partial charge in [0, 0.05) is 17.3 Å². The van der Waals surface area contributed by atoms with Crippen molar-refractivity contribution in [3.8, 4) is 0 Å². The molecule has 2 aromatic rings. The SMILES string of the molecule is CCCc1cc(C(=O)NCc2cc(C)no2)cc(Cl)n1. The second-order valence-corrected chi connectivity index (χ2v) is 4.92. The van der Waals surface area contributed by atoms with Crippen LogP contribution in [0.3, 0.4) is 0 Å². The Morgan fingerprint density at radius 1 is 1.40 bits per heavy atom. The highest BCUT2D eigenvalue weighted by Crippen LogP contribution is 2.12. The lowest BCUT2D eigenvalue weighted by atomic mass is 10.1. The first kappa shape index (κ1) is 14.5. The molecule has 0 aromatic carbocycles. The quantitative estimate of drug-likeness (QED) is 0.861. The summed E-state index contributed by atoms with van der Waals surface area (Å²) < 4.78 is 5.03. The fourth-order valence-corrected chi connectivity index (χ4v) is 2.06. The van der Waals surface area contributed by atoms with Gasteiger partial charge in [-0.15, -0.1) is 0 Å². The molecule has 20 heavy (non-hydrogen) atoms. The molecule has 0 saturated carbocycles. The lowest BCUT2D eigenvalue weighted by molar-refractivity contribution is 0.0947. The molecular weight excluding hydrogens is 278 g/mol. The maximum Gasteiger partial charge on any atom is 0.251 e. The highest BCUT2D eigenvalue weighted by Gasteiger charge is 2.10. The average Bonchev–Trinajstić information content (AvgIpc) is 2.81. The van der Waals surface area contributed by atoms with E-state index in [1.54, 1.807) is 18.2 Å². The molecule has 1 amide bonds. The van der Waals surface area contributed by atoms with E-state index >= 15 is 0 Å². The Balaban J connectivity index is 2.04. The van der Waals surface area contributed by atoms with Crippen molar-refractivity contribution in [1.82, 2.24) is 15.5 Å². The van der Waals surface area contributed by atoms with Crippen molar-refractivity contribution < 1.29 is 9.32 Å². The minimum absolute atomic E-state index is 0.208. The third-order valence-corrected chi connectivity index (χ3v) is 2.91. The van der Waals surface area contributed by atoms with Gasteiger partial charge in [-0.25, -0.2) is 4.98 Å². The maximum atomic E-state index is 12.1. The van der Waals surface area contributed by atoms with Crippen LogP contribution in [-0.2, 0) is 13.0 Å². The number of pyridine rings is 1. The lowest BCUT2D eigenvalue weighted by Gasteiger charge is -2.06. The van der Waals surface area contributed by atoms with Gasteiger partial charge in [-0.2, -0.15) is 0 Å². The van der Waals surface area contributed by atoms with E-state index in [4.69, 9.17) is 16.1 Å². The molecule has 5 nitrogen and oxygen atoms in total. The van der Waals surface area contributed by atoms with Crippen LogP contribution in [-0.4, -0.2) is 16.0 Å². The summed E-state index contributed by atoms with van der Waals surface area (Å²) in [5, 5.41) is 6.86. The zero-order valence-electron chi connectivity index (χ0n) is 11.4. The third-order valence-electron chi connectivity index (χ3n) is 2.72. The van der Waals surface area contributed by atoms with Crippen LogP contribution < -0.4 is 5.32 Å². The zero-order chi connectivity index (χ0) is 14.5. The van der Waals surface area contributed by atoms with Crippen molar-refractivity contribution >= 4 is 17.5 Å². The summed E-state index contributed by atoms with van der Waals surface area (Å²) in [5.74, 6) is 0.408. The van der Waals surface area contributed by atoms with E-state index < -0.39 is 0 Å². The number of aryl methyl sites for hydroxylation is 2. The normalized spacial score (nSPS) is 10.6. The number of carbonyl (C=O) groups excluding carboxylic acids is 1. The summed E-state index contributed by atoms with van der Waals surface area (Å²) in [7, 11) is 0. The first-order valence-corrected chi connectivity index (χ1v) is 6.83. The van der Waals surface area contributed by atoms with Crippen molar-refractivity contribution in [2.75, 3.05) is 0 Å². The van der Waals surface area contributed by atoms with Gasteiger partial charge in [-0.3, -0.25) is 4.79 Å². The summed E-state index contributed by atoms with van der Waals surface area (Å²) in [5.41, 5.74) is 2.11. The van der Waals surface area contributed by atoms with E-state index in [2.05, 4.69) is 22.4 Å². The maximum absolute atomic E-state index is 12.1. The van der Waals surface area contributed by atoms with Crippen molar-refractivity contribution in [2.45, 2.75) is 33.2 Å². The van der Waals surface area contributed by atoms with Gasteiger partial charge >= 0.3 is 0 Å². The average molecular weight is 294 g/mol. The van der Waals surface area contributed by atoms with E-state index in [-0.39, 0.29) is 5.91 Å². The largest absolute Gasteiger partial charge is 0.359 e.